The van der Waals surface area contributed by atoms with Crippen molar-refractivity contribution in [1.82, 2.24) is 0 Å². The highest BCUT2D eigenvalue weighted by Crippen LogP contribution is 2.14. The maximum Gasteiger partial charge on any atom is 0.303 e. The van der Waals surface area contributed by atoms with Crippen molar-refractivity contribution >= 4 is 5.97 Å². The summed E-state index contributed by atoms with van der Waals surface area (Å²) < 4.78 is 0. The minimum absolute atomic E-state index is 0.313. The maximum absolute atomic E-state index is 10.4. The highest BCUT2D eigenvalue weighted by Gasteiger charge is 1.96. The molecule has 0 atom stereocenters. The Bertz CT molecular complexity index is 348. The first-order valence-electron chi connectivity index (χ1n) is 13.1. The second-order valence-corrected chi connectivity index (χ2v) is 8.91. The summed E-state index contributed by atoms with van der Waals surface area (Å²) in [4.78, 5) is 10.4. The number of rotatable bonds is 24. The monoisotopic (exact) mass is 408 g/mol. The summed E-state index contributed by atoms with van der Waals surface area (Å²) in [5.74, 6) is -0.673. The number of aliphatic carboxylic acids is 1. The number of carbonyl (C=O) groups is 1. The number of hydrogen-bond donors (Lipinski definition) is 1. The Hall–Kier alpha value is -0.790. The minimum atomic E-state index is -0.673. The number of unbranched alkanes of at least 4 members (excludes halogenated alkanes) is 20. The number of carboxylic acid groups (broad SMARTS) is 1. The molecule has 0 aromatic rings. The molecule has 0 radical (unpaired) electrons. The molecule has 0 saturated heterocycles. The zero-order chi connectivity index (χ0) is 21.3. The molecule has 172 valence electrons. The molecule has 0 aliphatic heterocycles. The van der Waals surface area contributed by atoms with E-state index in [1.165, 1.54) is 122 Å². The van der Waals surface area contributed by atoms with Crippen LogP contribution in [-0.4, -0.2) is 11.1 Å². The van der Waals surface area contributed by atoms with Crippen LogP contribution in [0.1, 0.15) is 155 Å². The smallest absolute Gasteiger partial charge is 0.303 e. The van der Waals surface area contributed by atoms with E-state index in [4.69, 9.17) is 5.11 Å². The molecule has 0 aliphatic carbocycles. The van der Waals surface area contributed by atoms with Gasteiger partial charge in [-0.05, 0) is 32.1 Å². The summed E-state index contributed by atoms with van der Waals surface area (Å²) in [6, 6.07) is 0. The largest absolute Gasteiger partial charge is 0.481 e. The molecule has 0 saturated carbocycles. The van der Waals surface area contributed by atoms with Crippen LogP contribution in [0.15, 0.2) is 12.2 Å². The van der Waals surface area contributed by atoms with Crippen LogP contribution in [0, 0.1) is 0 Å². The first kappa shape index (κ1) is 28.2. The summed E-state index contributed by atoms with van der Waals surface area (Å²) in [6.45, 7) is 2.29. The Balaban J connectivity index is 3.05. The maximum atomic E-state index is 10.4. The lowest BCUT2D eigenvalue weighted by Gasteiger charge is -2.03. The molecule has 2 heteroatoms. The van der Waals surface area contributed by atoms with Crippen molar-refractivity contribution in [3.8, 4) is 0 Å². The van der Waals surface area contributed by atoms with Crippen LogP contribution in [0.25, 0.3) is 0 Å². The molecule has 0 amide bonds. The fourth-order valence-electron chi connectivity index (χ4n) is 3.94. The molecule has 2 nitrogen and oxygen atoms in total. The normalized spacial score (nSPS) is 11.5. The highest BCUT2D eigenvalue weighted by atomic mass is 16.4. The Morgan fingerprint density at radius 2 is 0.828 bits per heavy atom. The molecule has 0 rings (SSSR count). The van der Waals surface area contributed by atoms with Crippen LogP contribution in [0.3, 0.4) is 0 Å². The van der Waals surface area contributed by atoms with Crippen LogP contribution in [0.4, 0.5) is 0 Å². The van der Waals surface area contributed by atoms with Gasteiger partial charge in [-0.1, -0.05) is 128 Å². The molecule has 0 bridgehead atoms. The van der Waals surface area contributed by atoms with E-state index in [1.54, 1.807) is 0 Å². The SMILES string of the molecule is CCCCCCCCCCCCCCCCCCCCC=CCCCCC(=O)O. The zero-order valence-corrected chi connectivity index (χ0v) is 19.8. The summed E-state index contributed by atoms with van der Waals surface area (Å²) >= 11 is 0. The Labute approximate surface area is 182 Å². The van der Waals surface area contributed by atoms with E-state index in [0.29, 0.717) is 6.42 Å². The van der Waals surface area contributed by atoms with Crippen LogP contribution in [-0.2, 0) is 4.79 Å². The van der Waals surface area contributed by atoms with Gasteiger partial charge in [-0.25, -0.2) is 0 Å². The molecule has 1 N–H and O–H groups in total. The third-order valence-corrected chi connectivity index (χ3v) is 5.90. The van der Waals surface area contributed by atoms with Gasteiger partial charge >= 0.3 is 5.97 Å². The van der Waals surface area contributed by atoms with E-state index < -0.39 is 5.97 Å². The molecule has 29 heavy (non-hydrogen) atoms. The van der Waals surface area contributed by atoms with E-state index in [2.05, 4.69) is 19.1 Å². The van der Waals surface area contributed by atoms with E-state index in [-0.39, 0.29) is 0 Å². The summed E-state index contributed by atoms with van der Waals surface area (Å²) in [6.07, 6.45) is 34.6. The standard InChI is InChI=1S/C27H52O2/c1-2-3-4-5-6-7-8-9-10-11-12-13-14-15-16-17-18-19-20-21-22-23-24-25-26-27(28)29/h21-22H,2-20,23-26H2,1H3,(H,28,29). The molecule has 0 aromatic heterocycles. The first-order valence-corrected chi connectivity index (χ1v) is 13.1. The Morgan fingerprint density at radius 3 is 1.17 bits per heavy atom. The van der Waals surface area contributed by atoms with E-state index >= 15 is 0 Å². The third-order valence-electron chi connectivity index (χ3n) is 5.90. The average Bonchev–Trinajstić information content (AvgIpc) is 2.71. The van der Waals surface area contributed by atoms with Gasteiger partial charge in [-0.2, -0.15) is 0 Å². The van der Waals surface area contributed by atoms with Crippen molar-refractivity contribution in [2.24, 2.45) is 0 Å². The average molecular weight is 409 g/mol. The Morgan fingerprint density at radius 1 is 0.517 bits per heavy atom. The molecule has 0 unspecified atom stereocenters. The summed E-state index contributed by atoms with van der Waals surface area (Å²) in [5, 5.41) is 8.57. The van der Waals surface area contributed by atoms with Crippen LogP contribution < -0.4 is 0 Å². The van der Waals surface area contributed by atoms with Crippen LogP contribution in [0.5, 0.6) is 0 Å². The van der Waals surface area contributed by atoms with Gasteiger partial charge in [0.15, 0.2) is 0 Å². The van der Waals surface area contributed by atoms with Gasteiger partial charge < -0.3 is 5.11 Å². The van der Waals surface area contributed by atoms with Crippen molar-refractivity contribution in [3.05, 3.63) is 12.2 Å². The first-order chi connectivity index (χ1) is 14.3. The van der Waals surface area contributed by atoms with Crippen LogP contribution in [0.2, 0.25) is 0 Å². The summed E-state index contributed by atoms with van der Waals surface area (Å²) in [7, 11) is 0. The topological polar surface area (TPSA) is 37.3 Å². The lowest BCUT2D eigenvalue weighted by molar-refractivity contribution is -0.137. The molecule has 0 spiro atoms. The van der Waals surface area contributed by atoms with E-state index in [1.807, 2.05) is 0 Å². The number of allylic oxidation sites excluding steroid dienone is 2. The van der Waals surface area contributed by atoms with Crippen LogP contribution >= 0.6 is 0 Å². The van der Waals surface area contributed by atoms with Crippen molar-refractivity contribution in [3.63, 3.8) is 0 Å². The second-order valence-electron chi connectivity index (χ2n) is 8.91. The lowest BCUT2D eigenvalue weighted by Crippen LogP contribution is -1.92. The van der Waals surface area contributed by atoms with Gasteiger partial charge in [-0.3, -0.25) is 4.79 Å². The molecular formula is C27H52O2. The van der Waals surface area contributed by atoms with Crippen molar-refractivity contribution in [2.45, 2.75) is 155 Å². The van der Waals surface area contributed by atoms with Crippen molar-refractivity contribution < 1.29 is 9.90 Å². The molecule has 0 fully saturated rings. The third kappa shape index (κ3) is 27.2. The van der Waals surface area contributed by atoms with Crippen molar-refractivity contribution in [1.29, 1.82) is 0 Å². The highest BCUT2D eigenvalue weighted by molar-refractivity contribution is 5.66. The predicted molar refractivity (Wildman–Crippen MR) is 129 cm³/mol. The van der Waals surface area contributed by atoms with E-state index in [9.17, 15) is 4.79 Å². The number of carboxylic acids is 1. The fourth-order valence-corrected chi connectivity index (χ4v) is 3.94. The summed E-state index contributed by atoms with van der Waals surface area (Å²) in [5.41, 5.74) is 0. The second kappa shape index (κ2) is 25.2. The molecule has 0 aromatic carbocycles. The van der Waals surface area contributed by atoms with E-state index in [0.717, 1.165) is 19.3 Å². The van der Waals surface area contributed by atoms with Gasteiger partial charge in [-0.15, -0.1) is 0 Å². The minimum Gasteiger partial charge on any atom is -0.481 e. The molecule has 0 aliphatic rings. The molecular weight excluding hydrogens is 356 g/mol. The van der Waals surface area contributed by atoms with Gasteiger partial charge in [0.05, 0.1) is 0 Å². The lowest BCUT2D eigenvalue weighted by atomic mass is 10.0. The molecule has 0 heterocycles. The Kier molecular flexibility index (Phi) is 24.6. The van der Waals surface area contributed by atoms with Gasteiger partial charge in [0.2, 0.25) is 0 Å². The van der Waals surface area contributed by atoms with Gasteiger partial charge in [0, 0.05) is 6.42 Å². The van der Waals surface area contributed by atoms with Gasteiger partial charge in [0.1, 0.15) is 0 Å². The zero-order valence-electron chi connectivity index (χ0n) is 19.8. The predicted octanol–water partition coefficient (Wildman–Crippen LogP) is 9.62. The quantitative estimate of drug-likeness (QED) is 0.127. The van der Waals surface area contributed by atoms with Crippen molar-refractivity contribution in [2.75, 3.05) is 0 Å². The number of hydrogen-bond acceptors (Lipinski definition) is 1. The fraction of sp³-hybridized carbons (Fsp3) is 0.889. The van der Waals surface area contributed by atoms with Gasteiger partial charge in [0.25, 0.3) is 0 Å².